The number of aromatic nitrogens is 1. The molecule has 0 spiro atoms. The van der Waals surface area contributed by atoms with E-state index < -0.39 is 0 Å². The molecule has 2 aromatic heterocycles. The number of hydrogen-bond acceptors (Lipinski definition) is 5. The van der Waals surface area contributed by atoms with Crippen LogP contribution in [0, 0.1) is 13.8 Å². The fourth-order valence-electron chi connectivity index (χ4n) is 3.98. The SMILES string of the molecule is Cc1ccc(C)c(C(=O)Nc2sc3c(c2-c2nc4ccccc4s2)CCN(C)C3)c1. The van der Waals surface area contributed by atoms with Crippen LogP contribution < -0.4 is 5.32 Å². The molecule has 1 amide bonds. The third-order valence-corrected chi connectivity index (χ3v) is 7.81. The average Bonchev–Trinajstić information content (AvgIpc) is 3.29. The number of para-hydroxylation sites is 1. The summed E-state index contributed by atoms with van der Waals surface area (Å²) in [7, 11) is 2.15. The second-order valence-electron chi connectivity index (χ2n) is 7.95. The number of amides is 1. The molecular weight excluding hydrogens is 410 g/mol. The number of fused-ring (bicyclic) bond motifs is 2. The molecular formula is C24H23N3OS2. The minimum absolute atomic E-state index is 0.0505. The second kappa shape index (κ2) is 7.61. The van der Waals surface area contributed by atoms with Gasteiger partial charge in [-0.25, -0.2) is 4.98 Å². The number of hydrogen-bond donors (Lipinski definition) is 1. The number of anilines is 1. The molecule has 6 heteroatoms. The smallest absolute Gasteiger partial charge is 0.256 e. The van der Waals surface area contributed by atoms with Gasteiger partial charge in [-0.05, 0) is 56.6 Å². The van der Waals surface area contributed by atoms with Crippen LogP contribution in [-0.2, 0) is 13.0 Å². The Hall–Kier alpha value is -2.54. The van der Waals surface area contributed by atoms with Crippen LogP contribution in [0.15, 0.2) is 42.5 Å². The monoisotopic (exact) mass is 433 g/mol. The van der Waals surface area contributed by atoms with Crippen molar-refractivity contribution in [1.82, 2.24) is 9.88 Å². The maximum atomic E-state index is 13.2. The Morgan fingerprint density at radius 3 is 2.80 bits per heavy atom. The molecule has 1 aliphatic heterocycles. The number of aryl methyl sites for hydroxylation is 2. The van der Waals surface area contributed by atoms with Gasteiger partial charge in [0.25, 0.3) is 5.91 Å². The molecule has 1 N–H and O–H groups in total. The predicted molar refractivity (Wildman–Crippen MR) is 127 cm³/mol. The van der Waals surface area contributed by atoms with Gasteiger partial charge in [-0.1, -0.05) is 29.8 Å². The summed E-state index contributed by atoms with van der Waals surface area (Å²) in [6.07, 6.45) is 0.979. The van der Waals surface area contributed by atoms with Crippen LogP contribution in [0.1, 0.15) is 31.9 Å². The zero-order chi connectivity index (χ0) is 20.8. The van der Waals surface area contributed by atoms with Gasteiger partial charge in [0.1, 0.15) is 10.0 Å². The fourth-order valence-corrected chi connectivity index (χ4v) is 6.41. The Kier molecular flexibility index (Phi) is 4.93. The molecule has 1 aliphatic rings. The fraction of sp³-hybridized carbons (Fsp3) is 0.250. The number of rotatable bonds is 3. The lowest BCUT2D eigenvalue weighted by Gasteiger charge is -2.22. The van der Waals surface area contributed by atoms with Crippen LogP contribution in [0.5, 0.6) is 0 Å². The molecule has 0 saturated carbocycles. The summed E-state index contributed by atoms with van der Waals surface area (Å²) in [5, 5.41) is 5.15. The number of likely N-dealkylation sites (N-methyl/N-ethyl adjacent to an activating group) is 1. The lowest BCUT2D eigenvalue weighted by atomic mass is 10.0. The van der Waals surface area contributed by atoms with E-state index in [2.05, 4.69) is 29.4 Å². The first-order chi connectivity index (χ1) is 14.5. The van der Waals surface area contributed by atoms with Crippen molar-refractivity contribution in [1.29, 1.82) is 0 Å². The maximum Gasteiger partial charge on any atom is 0.256 e. The largest absolute Gasteiger partial charge is 0.313 e. The first-order valence-corrected chi connectivity index (χ1v) is 11.7. The van der Waals surface area contributed by atoms with E-state index in [9.17, 15) is 4.79 Å². The third-order valence-electron chi connectivity index (χ3n) is 5.62. The number of nitrogens with zero attached hydrogens (tertiary/aromatic N) is 2. The first kappa shape index (κ1) is 19.4. The molecule has 0 aliphatic carbocycles. The van der Waals surface area contributed by atoms with Crippen LogP contribution in [0.25, 0.3) is 20.8 Å². The number of thiazole rings is 1. The number of thiophene rings is 1. The van der Waals surface area contributed by atoms with Crippen molar-refractivity contribution in [3.63, 3.8) is 0 Å². The highest BCUT2D eigenvalue weighted by molar-refractivity contribution is 7.23. The van der Waals surface area contributed by atoms with Gasteiger partial charge in [-0.2, -0.15) is 0 Å². The standard InChI is InChI=1S/C24H23N3OS2/c1-14-8-9-15(2)17(12-14)22(28)26-24-21(16-10-11-27(3)13-20(16)30-24)23-25-18-6-4-5-7-19(18)29-23/h4-9,12H,10-11,13H2,1-3H3,(H,26,28). The van der Waals surface area contributed by atoms with Crippen LogP contribution in [-0.4, -0.2) is 29.4 Å². The summed E-state index contributed by atoms with van der Waals surface area (Å²) in [5.74, 6) is -0.0505. The lowest BCUT2D eigenvalue weighted by molar-refractivity contribution is 0.102. The third kappa shape index (κ3) is 3.45. The van der Waals surface area contributed by atoms with Crippen LogP contribution in [0.4, 0.5) is 5.00 Å². The Morgan fingerprint density at radius 1 is 1.13 bits per heavy atom. The quantitative estimate of drug-likeness (QED) is 0.439. The Balaban J connectivity index is 1.61. The molecule has 5 rings (SSSR count). The van der Waals surface area contributed by atoms with Crippen LogP contribution >= 0.6 is 22.7 Å². The van der Waals surface area contributed by atoms with E-state index in [1.54, 1.807) is 22.7 Å². The van der Waals surface area contributed by atoms with E-state index in [0.29, 0.717) is 0 Å². The molecule has 152 valence electrons. The van der Waals surface area contributed by atoms with Crippen molar-refractivity contribution in [2.45, 2.75) is 26.8 Å². The van der Waals surface area contributed by atoms with Crippen molar-refractivity contribution < 1.29 is 4.79 Å². The maximum absolute atomic E-state index is 13.2. The molecule has 0 fully saturated rings. The van der Waals surface area contributed by atoms with E-state index in [0.717, 1.165) is 57.3 Å². The van der Waals surface area contributed by atoms with Gasteiger partial charge < -0.3 is 10.2 Å². The molecule has 0 atom stereocenters. The van der Waals surface area contributed by atoms with E-state index in [1.807, 2.05) is 44.2 Å². The minimum atomic E-state index is -0.0505. The minimum Gasteiger partial charge on any atom is -0.313 e. The normalized spacial score (nSPS) is 14.1. The zero-order valence-electron chi connectivity index (χ0n) is 17.3. The summed E-state index contributed by atoms with van der Waals surface area (Å²) in [6.45, 7) is 5.93. The summed E-state index contributed by atoms with van der Waals surface area (Å²) in [4.78, 5) is 21.8. The van der Waals surface area contributed by atoms with Crippen molar-refractivity contribution >= 4 is 43.8 Å². The summed E-state index contributed by atoms with van der Waals surface area (Å²) < 4.78 is 1.17. The van der Waals surface area contributed by atoms with E-state index in [-0.39, 0.29) is 5.91 Å². The van der Waals surface area contributed by atoms with Crippen molar-refractivity contribution in [2.75, 3.05) is 18.9 Å². The van der Waals surface area contributed by atoms with Gasteiger partial charge in [0.15, 0.2) is 0 Å². The van der Waals surface area contributed by atoms with Gasteiger partial charge in [0, 0.05) is 29.1 Å². The molecule has 0 unspecified atom stereocenters. The van der Waals surface area contributed by atoms with E-state index >= 15 is 0 Å². The highest BCUT2D eigenvalue weighted by Gasteiger charge is 2.27. The first-order valence-electron chi connectivity index (χ1n) is 10.1. The highest BCUT2D eigenvalue weighted by Crippen LogP contribution is 2.45. The number of carbonyl (C=O) groups excluding carboxylic acids is 1. The summed E-state index contributed by atoms with van der Waals surface area (Å²) in [6, 6.07) is 14.2. The Bertz CT molecular complexity index is 1240. The van der Waals surface area contributed by atoms with Crippen molar-refractivity contribution in [3.8, 4) is 10.6 Å². The number of benzene rings is 2. The molecule has 2 aromatic carbocycles. The van der Waals surface area contributed by atoms with Gasteiger partial charge in [0.2, 0.25) is 0 Å². The van der Waals surface area contributed by atoms with Crippen LogP contribution in [0.3, 0.4) is 0 Å². The lowest BCUT2D eigenvalue weighted by Crippen LogP contribution is -2.25. The molecule has 30 heavy (non-hydrogen) atoms. The molecule has 0 radical (unpaired) electrons. The zero-order valence-corrected chi connectivity index (χ0v) is 18.9. The highest BCUT2D eigenvalue weighted by atomic mass is 32.1. The Labute approximate surface area is 184 Å². The number of nitrogens with one attached hydrogen (secondary N) is 1. The summed E-state index contributed by atoms with van der Waals surface area (Å²) in [5.41, 5.74) is 6.27. The molecule has 4 aromatic rings. The van der Waals surface area contributed by atoms with Gasteiger partial charge in [-0.3, -0.25) is 4.79 Å². The predicted octanol–water partition coefficient (Wildman–Crippen LogP) is 5.88. The molecule has 0 bridgehead atoms. The molecule has 3 heterocycles. The average molecular weight is 434 g/mol. The molecule has 0 saturated heterocycles. The molecule has 4 nitrogen and oxygen atoms in total. The van der Waals surface area contributed by atoms with Crippen molar-refractivity contribution in [2.24, 2.45) is 0 Å². The van der Waals surface area contributed by atoms with Gasteiger partial charge in [-0.15, -0.1) is 22.7 Å². The van der Waals surface area contributed by atoms with E-state index in [4.69, 9.17) is 4.98 Å². The number of carbonyl (C=O) groups is 1. The van der Waals surface area contributed by atoms with Crippen LogP contribution in [0.2, 0.25) is 0 Å². The second-order valence-corrected chi connectivity index (χ2v) is 10.1. The van der Waals surface area contributed by atoms with Crippen molar-refractivity contribution in [3.05, 3.63) is 69.6 Å². The van der Waals surface area contributed by atoms with E-state index in [1.165, 1.54) is 15.1 Å². The summed E-state index contributed by atoms with van der Waals surface area (Å²) >= 11 is 3.40. The Morgan fingerprint density at radius 2 is 1.97 bits per heavy atom. The van der Waals surface area contributed by atoms with Gasteiger partial charge >= 0.3 is 0 Å². The van der Waals surface area contributed by atoms with Gasteiger partial charge in [0.05, 0.1) is 10.2 Å². The topological polar surface area (TPSA) is 45.2 Å².